The number of alkyl halides is 1. The number of halogens is 1. The number of nitrogens with zero attached hydrogens (tertiary/aromatic N) is 2. The summed E-state index contributed by atoms with van der Waals surface area (Å²) < 4.78 is 14.2. The van der Waals surface area contributed by atoms with Gasteiger partial charge in [-0.1, -0.05) is 0 Å². The zero-order chi connectivity index (χ0) is 7.73. The minimum absolute atomic E-state index is 0.0496. The first kappa shape index (κ1) is 6.83. The smallest absolute Gasteiger partial charge is 0.0968 e. The van der Waals surface area contributed by atoms with Crippen molar-refractivity contribution in [3.8, 4) is 0 Å². The number of aromatic nitrogens is 2. The van der Waals surface area contributed by atoms with Crippen LogP contribution < -0.4 is 0 Å². The van der Waals surface area contributed by atoms with Crippen LogP contribution in [0.3, 0.4) is 0 Å². The molecule has 0 bridgehead atoms. The molecule has 0 unspecified atom stereocenters. The second kappa shape index (κ2) is 2.32. The van der Waals surface area contributed by atoms with E-state index in [9.17, 15) is 4.39 Å². The summed E-state index contributed by atoms with van der Waals surface area (Å²) in [5, 5.41) is 4.04. The van der Waals surface area contributed by atoms with Gasteiger partial charge in [0.15, 0.2) is 0 Å². The van der Waals surface area contributed by atoms with E-state index in [1.807, 2.05) is 16.9 Å². The molecular formula is C8H11FN2. The highest BCUT2D eigenvalue weighted by atomic mass is 19.1. The molecule has 1 aliphatic rings. The van der Waals surface area contributed by atoms with Gasteiger partial charge in [0, 0.05) is 24.4 Å². The molecular weight excluding hydrogens is 143 g/mol. The average molecular weight is 154 g/mol. The maximum absolute atomic E-state index is 12.4. The zero-order valence-corrected chi connectivity index (χ0v) is 6.33. The van der Waals surface area contributed by atoms with Crippen molar-refractivity contribution in [1.82, 2.24) is 9.78 Å². The van der Waals surface area contributed by atoms with Gasteiger partial charge in [-0.2, -0.15) is 5.10 Å². The summed E-state index contributed by atoms with van der Waals surface area (Å²) in [5.41, 5.74) is -0.0496. The van der Waals surface area contributed by atoms with Crippen molar-refractivity contribution >= 4 is 0 Å². The van der Waals surface area contributed by atoms with Gasteiger partial charge in [0.05, 0.1) is 6.67 Å². The Bertz CT molecular complexity index is 226. The van der Waals surface area contributed by atoms with Crippen LogP contribution in [0, 0.1) is 5.41 Å². The maximum Gasteiger partial charge on any atom is 0.0968 e. The fourth-order valence-corrected chi connectivity index (χ4v) is 1.25. The molecule has 0 aliphatic heterocycles. The molecule has 0 spiro atoms. The van der Waals surface area contributed by atoms with Crippen LogP contribution in [-0.4, -0.2) is 16.5 Å². The molecule has 60 valence electrons. The molecule has 11 heavy (non-hydrogen) atoms. The third kappa shape index (κ3) is 1.27. The fraction of sp³-hybridized carbons (Fsp3) is 0.625. The summed E-state index contributed by atoms with van der Waals surface area (Å²) >= 11 is 0. The normalized spacial score (nSPS) is 20.1. The van der Waals surface area contributed by atoms with Crippen molar-refractivity contribution in [3.05, 3.63) is 18.5 Å². The Kier molecular flexibility index (Phi) is 1.44. The van der Waals surface area contributed by atoms with Crippen LogP contribution >= 0.6 is 0 Å². The minimum atomic E-state index is -0.202. The van der Waals surface area contributed by atoms with Gasteiger partial charge in [0.25, 0.3) is 0 Å². The topological polar surface area (TPSA) is 17.8 Å². The molecule has 0 amide bonds. The molecule has 1 fully saturated rings. The molecule has 1 aromatic rings. The number of hydrogen-bond donors (Lipinski definition) is 0. The molecule has 0 aromatic carbocycles. The standard InChI is InChI=1S/C8H11FN2/c9-6-8(2-3-8)7-11-5-1-4-10-11/h1,4-5H,2-3,6-7H2. The first-order valence-corrected chi connectivity index (χ1v) is 3.88. The monoisotopic (exact) mass is 154 g/mol. The summed E-state index contributed by atoms with van der Waals surface area (Å²) in [4.78, 5) is 0. The Hall–Kier alpha value is -0.860. The van der Waals surface area contributed by atoms with E-state index in [-0.39, 0.29) is 12.1 Å². The van der Waals surface area contributed by atoms with Crippen molar-refractivity contribution in [2.75, 3.05) is 6.67 Å². The van der Waals surface area contributed by atoms with Gasteiger partial charge < -0.3 is 0 Å². The van der Waals surface area contributed by atoms with Gasteiger partial charge in [-0.05, 0) is 18.9 Å². The molecule has 2 nitrogen and oxygen atoms in total. The Labute approximate surface area is 65.0 Å². The Morgan fingerprint density at radius 2 is 2.36 bits per heavy atom. The molecule has 1 aromatic heterocycles. The van der Waals surface area contributed by atoms with Crippen molar-refractivity contribution < 1.29 is 4.39 Å². The predicted molar refractivity (Wildman–Crippen MR) is 39.9 cm³/mol. The van der Waals surface area contributed by atoms with Crippen molar-refractivity contribution in [2.24, 2.45) is 5.41 Å². The van der Waals surface area contributed by atoms with Gasteiger partial charge >= 0.3 is 0 Å². The molecule has 1 saturated carbocycles. The summed E-state index contributed by atoms with van der Waals surface area (Å²) in [5.74, 6) is 0. The van der Waals surface area contributed by atoms with E-state index in [2.05, 4.69) is 5.10 Å². The van der Waals surface area contributed by atoms with Gasteiger partial charge in [0.2, 0.25) is 0 Å². The lowest BCUT2D eigenvalue weighted by molar-refractivity contribution is 0.294. The first-order chi connectivity index (χ1) is 5.35. The highest BCUT2D eigenvalue weighted by molar-refractivity contribution is 4.93. The quantitative estimate of drug-likeness (QED) is 0.647. The average Bonchev–Trinajstić information content (AvgIpc) is 2.59. The lowest BCUT2D eigenvalue weighted by Crippen LogP contribution is -2.13. The van der Waals surface area contributed by atoms with Crippen molar-refractivity contribution in [2.45, 2.75) is 19.4 Å². The SMILES string of the molecule is FCC1(Cn2cccn2)CC1. The molecule has 1 aliphatic carbocycles. The van der Waals surface area contributed by atoms with E-state index in [1.54, 1.807) is 6.20 Å². The summed E-state index contributed by atoms with van der Waals surface area (Å²) in [7, 11) is 0. The van der Waals surface area contributed by atoms with Crippen molar-refractivity contribution in [3.63, 3.8) is 0 Å². The van der Waals surface area contributed by atoms with Crippen LogP contribution in [-0.2, 0) is 6.54 Å². The molecule has 3 heteroatoms. The summed E-state index contributed by atoms with van der Waals surface area (Å²) in [6, 6.07) is 1.87. The Balaban J connectivity index is 2.01. The molecule has 2 rings (SSSR count). The van der Waals surface area contributed by atoms with Gasteiger partial charge in [0.1, 0.15) is 0 Å². The number of rotatable bonds is 3. The third-order valence-corrected chi connectivity index (χ3v) is 2.30. The van der Waals surface area contributed by atoms with E-state index in [1.165, 1.54) is 0 Å². The minimum Gasteiger partial charge on any atom is -0.272 e. The van der Waals surface area contributed by atoms with Gasteiger partial charge in [-0.15, -0.1) is 0 Å². The lowest BCUT2D eigenvalue weighted by Gasteiger charge is -2.09. The van der Waals surface area contributed by atoms with Crippen LogP contribution in [0.4, 0.5) is 4.39 Å². The molecule has 1 heterocycles. The zero-order valence-electron chi connectivity index (χ0n) is 6.33. The van der Waals surface area contributed by atoms with Crippen LogP contribution in [0.5, 0.6) is 0 Å². The Morgan fingerprint density at radius 1 is 1.55 bits per heavy atom. The maximum atomic E-state index is 12.4. The van der Waals surface area contributed by atoms with Crippen LogP contribution in [0.1, 0.15) is 12.8 Å². The molecule has 0 radical (unpaired) electrons. The van der Waals surface area contributed by atoms with Crippen LogP contribution in [0.15, 0.2) is 18.5 Å². The third-order valence-electron chi connectivity index (χ3n) is 2.30. The second-order valence-corrected chi connectivity index (χ2v) is 3.34. The highest BCUT2D eigenvalue weighted by Gasteiger charge is 2.43. The van der Waals surface area contributed by atoms with Crippen LogP contribution in [0.2, 0.25) is 0 Å². The first-order valence-electron chi connectivity index (χ1n) is 3.88. The van der Waals surface area contributed by atoms with Gasteiger partial charge in [-0.25, -0.2) is 0 Å². The largest absolute Gasteiger partial charge is 0.272 e. The Morgan fingerprint density at radius 3 is 2.82 bits per heavy atom. The summed E-state index contributed by atoms with van der Waals surface area (Å²) in [6.45, 7) is 0.545. The van der Waals surface area contributed by atoms with E-state index in [4.69, 9.17) is 0 Å². The number of hydrogen-bond acceptors (Lipinski definition) is 1. The molecule has 0 atom stereocenters. The fourth-order valence-electron chi connectivity index (χ4n) is 1.25. The predicted octanol–water partition coefficient (Wildman–Crippen LogP) is 1.63. The van der Waals surface area contributed by atoms with Gasteiger partial charge in [-0.3, -0.25) is 9.07 Å². The second-order valence-electron chi connectivity index (χ2n) is 3.34. The van der Waals surface area contributed by atoms with E-state index in [0.717, 1.165) is 19.4 Å². The summed E-state index contributed by atoms with van der Waals surface area (Å²) in [6.07, 6.45) is 5.65. The van der Waals surface area contributed by atoms with E-state index in [0.29, 0.717) is 0 Å². The lowest BCUT2D eigenvalue weighted by atomic mass is 10.1. The van der Waals surface area contributed by atoms with E-state index < -0.39 is 0 Å². The highest BCUT2D eigenvalue weighted by Crippen LogP contribution is 2.47. The molecule has 0 N–H and O–H groups in total. The van der Waals surface area contributed by atoms with Crippen LogP contribution in [0.25, 0.3) is 0 Å². The molecule has 0 saturated heterocycles. The van der Waals surface area contributed by atoms with Crippen molar-refractivity contribution in [1.29, 1.82) is 0 Å². The van der Waals surface area contributed by atoms with E-state index >= 15 is 0 Å².